The van der Waals surface area contributed by atoms with Gasteiger partial charge in [0, 0.05) is 32.7 Å². The van der Waals surface area contributed by atoms with Crippen LogP contribution >= 0.6 is 0 Å². The fourth-order valence-electron chi connectivity index (χ4n) is 8.23. The number of aliphatic hydroxyl groups excluding tert-OH is 2. The number of halogens is 4. The Morgan fingerprint density at radius 3 is 1.08 bits per heavy atom. The van der Waals surface area contributed by atoms with Gasteiger partial charge in [0.2, 0.25) is 10.0 Å². The first kappa shape index (κ1) is 85.9. The largest absolute Gasteiger partial charge is 0.451 e. The van der Waals surface area contributed by atoms with Gasteiger partial charge < -0.3 is 81.8 Å². The zero-order valence-electron chi connectivity index (χ0n) is 56.7. The normalized spacial score (nSPS) is 12.8. The molecule has 0 saturated heterocycles. The number of sulfonamides is 1. The number of benzene rings is 4. The van der Waals surface area contributed by atoms with Crippen molar-refractivity contribution in [2.24, 2.45) is 0 Å². The number of nitrogens with one attached hydrogen (secondary N) is 2. The number of ether oxygens (including phenoxy) is 14. The summed E-state index contributed by atoms with van der Waals surface area (Å²) in [5.74, 6) is -7.60. The van der Waals surface area contributed by atoms with Crippen molar-refractivity contribution < 1.29 is 130 Å². The number of carbonyl (C=O) groups excluding carboxylic acids is 4. The molecule has 1 amide bonds. The predicted molar refractivity (Wildman–Crippen MR) is 355 cm³/mol. The Kier molecular flexibility index (Phi) is 42.2. The van der Waals surface area contributed by atoms with Gasteiger partial charge in [0.1, 0.15) is 17.6 Å². The zero-order chi connectivity index (χ0) is 73.0. The van der Waals surface area contributed by atoms with Crippen molar-refractivity contribution >= 4 is 55.3 Å². The topological polar surface area (TPSA) is 330 Å². The van der Waals surface area contributed by atoms with Gasteiger partial charge in [0.15, 0.2) is 68.1 Å². The van der Waals surface area contributed by atoms with Crippen LogP contribution in [0.1, 0.15) is 58.1 Å². The third-order valence-corrected chi connectivity index (χ3v) is 17.1. The Morgan fingerprint density at radius 2 is 0.730 bits per heavy atom. The summed E-state index contributed by atoms with van der Waals surface area (Å²) in [7, 11) is -7.60. The Hall–Kier alpha value is -6.54. The first-order valence-corrected chi connectivity index (χ1v) is 35.4. The van der Waals surface area contributed by atoms with E-state index in [0.29, 0.717) is 90.4 Å². The Morgan fingerprint density at radius 1 is 0.420 bits per heavy atom. The highest BCUT2D eigenvalue weighted by Gasteiger charge is 2.29. The maximum atomic E-state index is 14.6. The number of ketones is 3. The zero-order valence-corrected chi connectivity index (χ0v) is 58.3. The van der Waals surface area contributed by atoms with Crippen molar-refractivity contribution in [1.29, 1.82) is 0 Å². The van der Waals surface area contributed by atoms with E-state index in [1.165, 1.54) is 88.4 Å². The highest BCUT2D eigenvalue weighted by molar-refractivity contribution is 7.91. The van der Waals surface area contributed by atoms with Crippen LogP contribution in [0.25, 0.3) is 12.2 Å². The molecule has 4 aromatic carbocycles. The maximum Gasteiger partial charge on any atom is 0.252 e. The molecular weight excluding hydrogens is 1370 g/mol. The minimum Gasteiger partial charge on any atom is -0.451 e. The lowest BCUT2D eigenvalue weighted by atomic mass is 10.1. The van der Waals surface area contributed by atoms with Crippen LogP contribution in [0.15, 0.2) is 93.7 Å². The van der Waals surface area contributed by atoms with Crippen LogP contribution in [0.3, 0.4) is 0 Å². The molecule has 4 rings (SSSR count). The number of amides is 1. The molecule has 0 aliphatic heterocycles. The van der Waals surface area contributed by atoms with Crippen molar-refractivity contribution in [3.05, 3.63) is 118 Å². The van der Waals surface area contributed by atoms with Crippen molar-refractivity contribution in [3.63, 3.8) is 0 Å². The van der Waals surface area contributed by atoms with Gasteiger partial charge in [-0.2, -0.15) is 0 Å². The molecule has 0 unspecified atom stereocenters. The van der Waals surface area contributed by atoms with Gasteiger partial charge in [-0.05, 0) is 148 Å². The molecule has 0 heterocycles. The minimum atomic E-state index is -3.92. The average molecular weight is 1460 g/mol. The Balaban J connectivity index is 0.833. The molecule has 4 aromatic rings. The molecular formula is C68H92F4N2O24S2. The molecule has 100 heavy (non-hydrogen) atoms. The minimum absolute atomic E-state index is 0.000155. The van der Waals surface area contributed by atoms with Crippen molar-refractivity contribution in [2.75, 3.05) is 177 Å². The number of rotatable bonds is 58. The molecule has 0 aliphatic rings. The Bertz CT molecular complexity index is 3120. The predicted octanol–water partition coefficient (Wildman–Crippen LogP) is 6.34. The lowest BCUT2D eigenvalue weighted by molar-refractivity contribution is -0.145. The second-order valence-electron chi connectivity index (χ2n) is 21.7. The van der Waals surface area contributed by atoms with Crippen LogP contribution in [0.4, 0.5) is 17.6 Å². The second-order valence-corrected chi connectivity index (χ2v) is 25.6. The van der Waals surface area contributed by atoms with Crippen LogP contribution in [0.5, 0.6) is 23.0 Å². The van der Waals surface area contributed by atoms with Crippen molar-refractivity contribution in [1.82, 2.24) is 10.0 Å². The Labute approximate surface area is 580 Å². The second kappa shape index (κ2) is 49.1. The van der Waals surface area contributed by atoms with Crippen LogP contribution in [-0.4, -0.2) is 240 Å². The first-order chi connectivity index (χ1) is 48.0. The van der Waals surface area contributed by atoms with Crippen LogP contribution in [0.2, 0.25) is 0 Å². The molecule has 0 spiro atoms. The van der Waals surface area contributed by atoms with Gasteiger partial charge in [0.05, 0.1) is 161 Å². The van der Waals surface area contributed by atoms with E-state index in [0.717, 1.165) is 24.3 Å². The molecule has 32 heteroatoms. The quantitative estimate of drug-likeness (QED) is 0.0213. The highest BCUT2D eigenvalue weighted by atomic mass is 32.2. The molecule has 0 saturated carbocycles. The smallest absolute Gasteiger partial charge is 0.252 e. The van der Waals surface area contributed by atoms with Crippen molar-refractivity contribution in [2.45, 2.75) is 69.0 Å². The van der Waals surface area contributed by atoms with Crippen LogP contribution in [0, 0.1) is 23.3 Å². The molecule has 2 atom stereocenters. The summed E-state index contributed by atoms with van der Waals surface area (Å²) >= 11 is 0. The molecule has 0 fully saturated rings. The van der Waals surface area contributed by atoms with E-state index in [2.05, 4.69) is 10.0 Å². The number of allylic oxidation sites excluding steroid dienone is 2. The van der Waals surface area contributed by atoms with Crippen LogP contribution < -0.4 is 19.5 Å². The lowest BCUT2D eigenvalue weighted by Crippen LogP contribution is -2.46. The van der Waals surface area contributed by atoms with Crippen molar-refractivity contribution in [3.8, 4) is 23.0 Å². The van der Waals surface area contributed by atoms with Gasteiger partial charge in [-0.3, -0.25) is 19.2 Å². The van der Waals surface area contributed by atoms with Gasteiger partial charge in [0.25, 0.3) is 5.91 Å². The molecule has 0 aromatic heterocycles. The number of carbonyl (C=O) groups is 4. The van der Waals surface area contributed by atoms with Crippen LogP contribution in [-0.2, 0) is 95.9 Å². The summed E-state index contributed by atoms with van der Waals surface area (Å²) in [4.78, 5) is 47.5. The van der Waals surface area contributed by atoms with E-state index in [1.807, 2.05) is 0 Å². The third kappa shape index (κ3) is 35.4. The SMILES string of the molecule is CC(=O)/C(C)=C/c1cc(F)c(Oc2ccc(S(=O)(=O)CCCOCCOCCOCCOCCOCCOCCNC(=O)[C@H](O)[C@@H](O)C(=O)CCCOCCOCCOCCOCCOCCOCCNS(=O)(=O)c3ccc(Oc4c(F)cc(/C=C(\C)C(C)=O)cc4F)cc3)cc2)c(F)c1. The molecule has 558 valence electrons. The molecule has 0 radical (unpaired) electrons. The van der Waals surface area contributed by atoms with Gasteiger partial charge in [-0.15, -0.1) is 0 Å². The first-order valence-electron chi connectivity index (χ1n) is 32.2. The monoisotopic (exact) mass is 1460 g/mol. The summed E-state index contributed by atoms with van der Waals surface area (Å²) in [6, 6.07) is 14.3. The van der Waals surface area contributed by atoms with Gasteiger partial charge >= 0.3 is 0 Å². The van der Waals surface area contributed by atoms with E-state index in [-0.39, 0.29) is 161 Å². The fraction of sp³-hybridized carbons (Fsp3) is 0.529. The number of sulfone groups is 1. The number of Topliss-reactive ketones (excluding diaryl/α,β-unsaturated/α-hetero) is 3. The van der Waals surface area contributed by atoms with E-state index in [9.17, 15) is 63.8 Å². The molecule has 0 bridgehead atoms. The van der Waals surface area contributed by atoms with E-state index in [4.69, 9.17) is 66.3 Å². The fourth-order valence-corrected chi connectivity index (χ4v) is 10.5. The molecule has 4 N–H and O–H groups in total. The average Bonchev–Trinajstić information content (AvgIpc) is 0.827. The summed E-state index contributed by atoms with van der Waals surface area (Å²) in [5.41, 5.74) is 0.939. The molecule has 26 nitrogen and oxygen atoms in total. The standard InChI is InChI=1S/C68H92F4N2O24S2/c1-49(51(3)75)43-53-45-59(69)66(60(70)46-53)97-55-8-12-57(13-9-55)99(81,82)42-6-19-86-23-27-90-31-35-94-39-40-95-36-32-91-28-24-87-20-16-73-68(80)65(79)64(78)63(77)7-5-18-85-22-26-89-30-34-93-38-41-96-37-33-92-29-25-88-21-17-74-100(83,84)58-14-10-56(11-15-58)98-67-61(71)47-54(48-62(67)72)44-50(2)52(4)76/h8-15,43-48,64-65,74,78-79H,5-7,16-42H2,1-4H3,(H,73,80)/b49-43+,50-44+/t64-,65+/m0/s1. The lowest BCUT2D eigenvalue weighted by Gasteiger charge is -2.16. The van der Waals surface area contributed by atoms with E-state index in [1.54, 1.807) is 0 Å². The summed E-state index contributed by atoms with van der Waals surface area (Å²) in [5, 5.41) is 22.8. The number of aliphatic hydroxyl groups is 2. The highest BCUT2D eigenvalue weighted by Crippen LogP contribution is 2.32. The maximum absolute atomic E-state index is 14.6. The van der Waals surface area contributed by atoms with E-state index >= 15 is 0 Å². The molecule has 0 aliphatic carbocycles. The summed E-state index contributed by atoms with van der Waals surface area (Å²) in [6.07, 6.45) is -0.816. The van der Waals surface area contributed by atoms with Gasteiger partial charge in [-0.25, -0.2) is 39.1 Å². The number of hydrogen-bond acceptors (Lipinski definition) is 24. The third-order valence-electron chi connectivity index (χ3n) is 13.8. The summed E-state index contributed by atoms with van der Waals surface area (Å²) < 4.78 is 188. The van der Waals surface area contributed by atoms with Gasteiger partial charge in [-0.1, -0.05) is 0 Å². The summed E-state index contributed by atoms with van der Waals surface area (Å²) in [6.45, 7) is 12.0. The number of hydrogen-bond donors (Lipinski definition) is 4. The van der Waals surface area contributed by atoms with E-state index < -0.39 is 78.5 Å².